The molecule has 0 aromatic carbocycles. The maximum absolute atomic E-state index is 11.7. The van der Waals surface area contributed by atoms with Crippen molar-refractivity contribution in [1.82, 2.24) is 5.32 Å². The van der Waals surface area contributed by atoms with Gasteiger partial charge in [0.05, 0.1) is 6.61 Å². The second-order valence-corrected chi connectivity index (χ2v) is 3.96. The van der Waals surface area contributed by atoms with Crippen LogP contribution in [0, 0.1) is 0 Å². The third-order valence-corrected chi connectivity index (χ3v) is 2.55. The summed E-state index contributed by atoms with van der Waals surface area (Å²) in [4.78, 5) is 0. The van der Waals surface area contributed by atoms with E-state index < -0.39 is 12.8 Å². The van der Waals surface area contributed by atoms with Crippen LogP contribution in [0.1, 0.15) is 32.1 Å². The Labute approximate surface area is 88.2 Å². The van der Waals surface area contributed by atoms with E-state index in [1.54, 1.807) is 0 Å². The van der Waals surface area contributed by atoms with Crippen molar-refractivity contribution < 1.29 is 17.9 Å². The Hall–Kier alpha value is -0.290. The SMILES string of the molecule is FC(F)(F)COCCNC1CCCCC1. The maximum atomic E-state index is 11.7. The quantitative estimate of drug-likeness (QED) is 0.726. The van der Waals surface area contributed by atoms with E-state index in [1.807, 2.05) is 0 Å². The van der Waals surface area contributed by atoms with Gasteiger partial charge in [-0.3, -0.25) is 0 Å². The van der Waals surface area contributed by atoms with Crippen molar-refractivity contribution in [3.05, 3.63) is 0 Å². The molecule has 0 bridgehead atoms. The van der Waals surface area contributed by atoms with Crippen molar-refractivity contribution in [2.45, 2.75) is 44.3 Å². The summed E-state index contributed by atoms with van der Waals surface area (Å²) < 4.78 is 39.6. The van der Waals surface area contributed by atoms with Crippen LogP contribution in [0.5, 0.6) is 0 Å². The van der Waals surface area contributed by atoms with Gasteiger partial charge < -0.3 is 10.1 Å². The molecule has 90 valence electrons. The fraction of sp³-hybridized carbons (Fsp3) is 1.00. The van der Waals surface area contributed by atoms with Crippen LogP contribution in [-0.4, -0.2) is 32.0 Å². The van der Waals surface area contributed by atoms with E-state index in [2.05, 4.69) is 10.1 Å². The molecule has 0 atom stereocenters. The van der Waals surface area contributed by atoms with E-state index in [0.717, 1.165) is 12.8 Å². The van der Waals surface area contributed by atoms with Crippen LogP contribution in [0.25, 0.3) is 0 Å². The molecule has 1 fully saturated rings. The van der Waals surface area contributed by atoms with Gasteiger partial charge in [-0.05, 0) is 12.8 Å². The lowest BCUT2D eigenvalue weighted by molar-refractivity contribution is -0.173. The summed E-state index contributed by atoms with van der Waals surface area (Å²) in [6, 6.07) is 0.480. The molecule has 1 aliphatic rings. The first-order valence-corrected chi connectivity index (χ1v) is 5.46. The third-order valence-electron chi connectivity index (χ3n) is 2.55. The lowest BCUT2D eigenvalue weighted by Gasteiger charge is -2.22. The molecule has 15 heavy (non-hydrogen) atoms. The Morgan fingerprint density at radius 2 is 1.80 bits per heavy atom. The molecule has 0 aliphatic heterocycles. The molecule has 5 heteroatoms. The molecule has 0 radical (unpaired) electrons. The smallest absolute Gasteiger partial charge is 0.371 e. The monoisotopic (exact) mass is 225 g/mol. The predicted octanol–water partition coefficient (Wildman–Crippen LogP) is 2.49. The second kappa shape index (κ2) is 6.33. The molecule has 0 heterocycles. The van der Waals surface area contributed by atoms with E-state index in [1.165, 1.54) is 19.3 Å². The predicted molar refractivity (Wildman–Crippen MR) is 51.7 cm³/mol. The number of rotatable bonds is 5. The van der Waals surface area contributed by atoms with Crippen molar-refractivity contribution in [2.75, 3.05) is 19.8 Å². The summed E-state index contributed by atoms with van der Waals surface area (Å²) >= 11 is 0. The summed E-state index contributed by atoms with van der Waals surface area (Å²) in [5.41, 5.74) is 0. The number of halogens is 3. The molecular formula is C10H18F3NO. The highest BCUT2D eigenvalue weighted by Crippen LogP contribution is 2.17. The lowest BCUT2D eigenvalue weighted by atomic mass is 9.96. The van der Waals surface area contributed by atoms with Gasteiger partial charge in [0, 0.05) is 12.6 Å². The molecule has 0 saturated heterocycles. The zero-order chi connectivity index (χ0) is 11.1. The van der Waals surface area contributed by atoms with Crippen LogP contribution in [0.15, 0.2) is 0 Å². The third kappa shape index (κ3) is 6.73. The highest BCUT2D eigenvalue weighted by atomic mass is 19.4. The lowest BCUT2D eigenvalue weighted by Crippen LogP contribution is -2.34. The minimum absolute atomic E-state index is 0.135. The highest BCUT2D eigenvalue weighted by Gasteiger charge is 2.27. The fourth-order valence-corrected chi connectivity index (χ4v) is 1.83. The molecular weight excluding hydrogens is 207 g/mol. The van der Waals surface area contributed by atoms with Gasteiger partial charge in [0.1, 0.15) is 6.61 Å². The van der Waals surface area contributed by atoms with Gasteiger partial charge in [-0.1, -0.05) is 19.3 Å². The molecule has 0 unspecified atom stereocenters. The summed E-state index contributed by atoms with van der Waals surface area (Å²) in [7, 11) is 0. The van der Waals surface area contributed by atoms with Gasteiger partial charge in [-0.2, -0.15) is 13.2 Å². The molecule has 1 aliphatic carbocycles. The Bertz CT molecular complexity index is 167. The molecule has 0 amide bonds. The first-order valence-electron chi connectivity index (χ1n) is 5.46. The largest absolute Gasteiger partial charge is 0.411 e. The van der Waals surface area contributed by atoms with Gasteiger partial charge in [0.25, 0.3) is 0 Å². The Morgan fingerprint density at radius 3 is 2.40 bits per heavy atom. The number of hydrogen-bond acceptors (Lipinski definition) is 2. The minimum atomic E-state index is -4.20. The summed E-state index contributed by atoms with van der Waals surface area (Å²) in [5, 5.41) is 3.22. The van der Waals surface area contributed by atoms with Gasteiger partial charge in [-0.25, -0.2) is 0 Å². The van der Waals surface area contributed by atoms with Crippen LogP contribution < -0.4 is 5.32 Å². The average molecular weight is 225 g/mol. The standard InChI is InChI=1S/C10H18F3NO/c11-10(12,13)8-15-7-6-14-9-4-2-1-3-5-9/h9,14H,1-8H2. The van der Waals surface area contributed by atoms with Crippen molar-refractivity contribution in [3.63, 3.8) is 0 Å². The molecule has 0 aromatic heterocycles. The minimum Gasteiger partial charge on any atom is -0.371 e. The number of ether oxygens (including phenoxy) is 1. The van der Waals surface area contributed by atoms with Crippen LogP contribution >= 0.6 is 0 Å². The van der Waals surface area contributed by atoms with E-state index >= 15 is 0 Å². The molecule has 1 N–H and O–H groups in total. The highest BCUT2D eigenvalue weighted by molar-refractivity contribution is 4.71. The van der Waals surface area contributed by atoms with Crippen LogP contribution in [0.3, 0.4) is 0 Å². The Morgan fingerprint density at radius 1 is 1.13 bits per heavy atom. The number of nitrogens with one attached hydrogen (secondary N) is 1. The first kappa shape index (κ1) is 12.8. The Kier molecular flexibility index (Phi) is 5.39. The van der Waals surface area contributed by atoms with Crippen LogP contribution in [0.2, 0.25) is 0 Å². The second-order valence-electron chi connectivity index (χ2n) is 3.96. The fourth-order valence-electron chi connectivity index (χ4n) is 1.83. The van der Waals surface area contributed by atoms with Gasteiger partial charge >= 0.3 is 6.18 Å². The van der Waals surface area contributed by atoms with E-state index in [4.69, 9.17) is 0 Å². The summed E-state index contributed by atoms with van der Waals surface area (Å²) in [6.45, 7) is -0.490. The van der Waals surface area contributed by atoms with E-state index in [9.17, 15) is 13.2 Å². The van der Waals surface area contributed by atoms with Gasteiger partial charge in [-0.15, -0.1) is 0 Å². The van der Waals surface area contributed by atoms with Gasteiger partial charge in [0.15, 0.2) is 0 Å². The van der Waals surface area contributed by atoms with Crippen molar-refractivity contribution in [2.24, 2.45) is 0 Å². The average Bonchev–Trinajstić information content (AvgIpc) is 2.17. The molecule has 0 spiro atoms. The van der Waals surface area contributed by atoms with E-state index in [-0.39, 0.29) is 6.61 Å². The molecule has 0 aromatic rings. The Balaban J connectivity index is 1.92. The molecule has 2 nitrogen and oxygen atoms in total. The number of alkyl halides is 3. The van der Waals surface area contributed by atoms with E-state index in [0.29, 0.717) is 12.6 Å². The molecule has 1 saturated carbocycles. The van der Waals surface area contributed by atoms with Crippen molar-refractivity contribution >= 4 is 0 Å². The summed E-state index contributed by atoms with van der Waals surface area (Å²) in [6.07, 6.45) is 1.80. The zero-order valence-corrected chi connectivity index (χ0v) is 8.78. The van der Waals surface area contributed by atoms with Crippen LogP contribution in [0.4, 0.5) is 13.2 Å². The maximum Gasteiger partial charge on any atom is 0.411 e. The number of hydrogen-bond donors (Lipinski definition) is 1. The topological polar surface area (TPSA) is 21.3 Å². The van der Waals surface area contributed by atoms with Crippen molar-refractivity contribution in [1.29, 1.82) is 0 Å². The van der Waals surface area contributed by atoms with Gasteiger partial charge in [0.2, 0.25) is 0 Å². The van der Waals surface area contributed by atoms with Crippen molar-refractivity contribution in [3.8, 4) is 0 Å². The summed E-state index contributed by atoms with van der Waals surface area (Å²) in [5.74, 6) is 0. The normalized spacial score (nSPS) is 19.4. The van der Waals surface area contributed by atoms with Crippen LogP contribution in [-0.2, 0) is 4.74 Å². The molecule has 1 rings (SSSR count). The zero-order valence-electron chi connectivity index (χ0n) is 8.78. The first-order chi connectivity index (χ1) is 7.08.